The van der Waals surface area contributed by atoms with E-state index in [-0.39, 0.29) is 0 Å². The van der Waals surface area contributed by atoms with Gasteiger partial charge >= 0.3 is 0 Å². The van der Waals surface area contributed by atoms with Crippen molar-refractivity contribution < 1.29 is 0 Å². The lowest BCUT2D eigenvalue weighted by Gasteiger charge is -2.25. The Bertz CT molecular complexity index is 2570. The first-order valence-corrected chi connectivity index (χ1v) is 17.0. The summed E-state index contributed by atoms with van der Waals surface area (Å²) in [6.45, 7) is 0. The lowest BCUT2D eigenvalue weighted by molar-refractivity contribution is 1.70. The van der Waals surface area contributed by atoms with Crippen molar-refractivity contribution in [3.05, 3.63) is 164 Å². The summed E-state index contributed by atoms with van der Waals surface area (Å²) >= 11 is 0. The molecule has 0 bridgehead atoms. The van der Waals surface area contributed by atoms with Crippen molar-refractivity contribution in [3.8, 4) is 22.3 Å². The smallest absolute Gasteiger partial charge is 0.00197 e. The molecule has 0 saturated carbocycles. The quantitative estimate of drug-likeness (QED) is 0.143. The Kier molecular flexibility index (Phi) is 5.35. The summed E-state index contributed by atoms with van der Waals surface area (Å²) in [4.78, 5) is 0. The summed E-state index contributed by atoms with van der Waals surface area (Å²) in [7, 11) is -0.915. The molecule has 1 aliphatic carbocycles. The third kappa shape index (κ3) is 3.58. The highest BCUT2D eigenvalue weighted by molar-refractivity contribution is 7.81. The van der Waals surface area contributed by atoms with Gasteiger partial charge in [0.15, 0.2) is 0 Å². The molecular formula is C44H27P. The Morgan fingerprint density at radius 1 is 0.267 bits per heavy atom. The molecule has 0 aliphatic heterocycles. The molecule has 9 aromatic rings. The molecule has 0 heterocycles. The lowest BCUT2D eigenvalue weighted by atomic mass is 9.93. The van der Waals surface area contributed by atoms with Crippen molar-refractivity contribution in [2.45, 2.75) is 0 Å². The van der Waals surface area contributed by atoms with E-state index in [1.165, 1.54) is 92.0 Å². The third-order valence-corrected chi connectivity index (χ3v) is 12.3. The highest BCUT2D eigenvalue weighted by atomic mass is 31.1. The maximum absolute atomic E-state index is 2.54. The SMILES string of the molecule is c1ccc2c(c1)-c1cccc3c1c-2cc1cc(P(c2cccc4ccccc24)c2cccc4ccccc24)c2ccccc2c13. The molecule has 0 nitrogen and oxygen atoms in total. The molecule has 0 aromatic heterocycles. The van der Waals surface area contributed by atoms with Crippen LogP contribution in [0.4, 0.5) is 0 Å². The Balaban J connectivity index is 1.38. The zero-order valence-electron chi connectivity index (χ0n) is 24.5. The largest absolute Gasteiger partial charge is 0.0616 e. The second-order valence-electron chi connectivity index (χ2n) is 12.1. The molecule has 0 amide bonds. The summed E-state index contributed by atoms with van der Waals surface area (Å²) in [5.41, 5.74) is 5.38. The summed E-state index contributed by atoms with van der Waals surface area (Å²) in [6, 6.07) is 61.4. The summed E-state index contributed by atoms with van der Waals surface area (Å²) < 4.78 is 0. The van der Waals surface area contributed by atoms with Crippen LogP contribution in [0.15, 0.2) is 164 Å². The van der Waals surface area contributed by atoms with Gasteiger partial charge in [0, 0.05) is 0 Å². The van der Waals surface area contributed by atoms with E-state index in [0.717, 1.165) is 0 Å². The number of benzene rings is 9. The Labute approximate surface area is 263 Å². The zero-order valence-corrected chi connectivity index (χ0v) is 25.4. The fraction of sp³-hybridized carbons (Fsp3) is 0. The van der Waals surface area contributed by atoms with Crippen molar-refractivity contribution >= 4 is 77.7 Å². The van der Waals surface area contributed by atoms with E-state index in [0.29, 0.717) is 0 Å². The fourth-order valence-corrected chi connectivity index (χ4v) is 10.7. The van der Waals surface area contributed by atoms with Gasteiger partial charge in [0.2, 0.25) is 0 Å². The minimum absolute atomic E-state index is 0.915. The molecule has 45 heavy (non-hydrogen) atoms. The Hall–Kier alpha value is -5.29. The van der Waals surface area contributed by atoms with Gasteiger partial charge in [-0.25, -0.2) is 0 Å². The molecule has 0 saturated heterocycles. The summed E-state index contributed by atoms with van der Waals surface area (Å²) in [5, 5.41) is 17.5. The van der Waals surface area contributed by atoms with Crippen molar-refractivity contribution in [1.82, 2.24) is 0 Å². The number of hydrogen-bond acceptors (Lipinski definition) is 0. The van der Waals surface area contributed by atoms with Crippen LogP contribution in [-0.4, -0.2) is 0 Å². The molecule has 0 N–H and O–H groups in total. The normalized spacial score (nSPS) is 12.2. The van der Waals surface area contributed by atoms with Crippen molar-refractivity contribution in [2.24, 2.45) is 0 Å². The number of rotatable bonds is 3. The topological polar surface area (TPSA) is 0 Å². The molecule has 1 aliphatic rings. The van der Waals surface area contributed by atoms with E-state index in [1.54, 1.807) is 0 Å². The predicted octanol–water partition coefficient (Wildman–Crippen LogP) is 10.9. The first-order chi connectivity index (χ1) is 22.3. The average Bonchev–Trinajstić information content (AvgIpc) is 3.43. The maximum Gasteiger partial charge on any atom is -0.00197 e. The summed E-state index contributed by atoms with van der Waals surface area (Å²) in [6.07, 6.45) is 0. The maximum atomic E-state index is 2.54. The van der Waals surface area contributed by atoms with Crippen LogP contribution in [0.1, 0.15) is 0 Å². The van der Waals surface area contributed by atoms with Gasteiger partial charge < -0.3 is 0 Å². The molecule has 0 spiro atoms. The first kappa shape index (κ1) is 25.1. The average molecular weight is 587 g/mol. The second kappa shape index (κ2) is 9.60. The van der Waals surface area contributed by atoms with Crippen molar-refractivity contribution in [3.63, 3.8) is 0 Å². The molecule has 10 rings (SSSR count). The molecule has 0 unspecified atom stereocenters. The van der Waals surface area contributed by atoms with Gasteiger partial charge in [-0.1, -0.05) is 152 Å². The van der Waals surface area contributed by atoms with Crippen LogP contribution in [0.3, 0.4) is 0 Å². The van der Waals surface area contributed by atoms with E-state index in [1.807, 2.05) is 0 Å². The molecule has 9 aromatic carbocycles. The van der Waals surface area contributed by atoms with Crippen LogP contribution in [0.2, 0.25) is 0 Å². The minimum Gasteiger partial charge on any atom is -0.0616 e. The van der Waals surface area contributed by atoms with Gasteiger partial charge in [-0.05, 0) is 112 Å². The van der Waals surface area contributed by atoms with Crippen molar-refractivity contribution in [2.75, 3.05) is 0 Å². The van der Waals surface area contributed by atoms with Gasteiger partial charge in [-0.3, -0.25) is 0 Å². The minimum atomic E-state index is -0.915. The van der Waals surface area contributed by atoms with Crippen LogP contribution < -0.4 is 15.9 Å². The van der Waals surface area contributed by atoms with Crippen LogP contribution in [0.25, 0.3) is 76.1 Å². The monoisotopic (exact) mass is 586 g/mol. The van der Waals surface area contributed by atoms with Gasteiger partial charge in [0.05, 0.1) is 0 Å². The van der Waals surface area contributed by atoms with Crippen LogP contribution in [0.5, 0.6) is 0 Å². The standard InChI is InChI=1S/C44H27P/c1-3-16-31-28(12-1)14-9-24-40(31)45(41-25-10-15-29-13-2-4-17-32(29)41)42-27-30-26-39-34-19-6-5-18-33(34)36-22-11-23-38(44(36)39)43(30)37-21-8-7-20-35(37)42/h1-27H. The van der Waals surface area contributed by atoms with Crippen molar-refractivity contribution in [1.29, 1.82) is 0 Å². The summed E-state index contributed by atoms with van der Waals surface area (Å²) in [5.74, 6) is 0. The van der Waals surface area contributed by atoms with Gasteiger partial charge in [0.1, 0.15) is 0 Å². The molecule has 0 atom stereocenters. The van der Waals surface area contributed by atoms with E-state index in [4.69, 9.17) is 0 Å². The van der Waals surface area contributed by atoms with E-state index < -0.39 is 7.92 Å². The highest BCUT2D eigenvalue weighted by Gasteiger charge is 2.27. The number of fused-ring (bicyclic) bond motifs is 9. The van der Waals surface area contributed by atoms with Crippen LogP contribution in [0, 0.1) is 0 Å². The van der Waals surface area contributed by atoms with Gasteiger partial charge in [0.25, 0.3) is 0 Å². The first-order valence-electron chi connectivity index (χ1n) is 15.6. The lowest BCUT2D eigenvalue weighted by Crippen LogP contribution is -2.23. The predicted molar refractivity (Wildman–Crippen MR) is 197 cm³/mol. The second-order valence-corrected chi connectivity index (χ2v) is 14.2. The molecular weight excluding hydrogens is 559 g/mol. The molecule has 0 radical (unpaired) electrons. The molecule has 0 fully saturated rings. The van der Waals surface area contributed by atoms with Crippen LogP contribution in [-0.2, 0) is 0 Å². The van der Waals surface area contributed by atoms with E-state index >= 15 is 0 Å². The zero-order chi connectivity index (χ0) is 29.5. The Morgan fingerprint density at radius 3 is 1.44 bits per heavy atom. The Morgan fingerprint density at radius 2 is 0.756 bits per heavy atom. The molecule has 208 valence electrons. The van der Waals surface area contributed by atoms with Crippen LogP contribution >= 0.6 is 7.92 Å². The van der Waals surface area contributed by atoms with E-state index in [2.05, 4.69) is 164 Å². The van der Waals surface area contributed by atoms with Gasteiger partial charge in [-0.2, -0.15) is 0 Å². The fourth-order valence-electron chi connectivity index (χ4n) is 7.84. The van der Waals surface area contributed by atoms with Gasteiger partial charge in [-0.15, -0.1) is 0 Å². The molecule has 1 heteroatoms. The van der Waals surface area contributed by atoms with E-state index in [9.17, 15) is 0 Å². The third-order valence-electron chi connectivity index (χ3n) is 9.72. The number of hydrogen-bond donors (Lipinski definition) is 0. The highest BCUT2D eigenvalue weighted by Crippen LogP contribution is 2.51.